The van der Waals surface area contributed by atoms with Crippen LogP contribution in [0.2, 0.25) is 0 Å². The molecule has 0 spiro atoms. The van der Waals surface area contributed by atoms with E-state index in [4.69, 9.17) is 14.2 Å². The largest absolute Gasteiger partial charge is 0.465 e. The summed E-state index contributed by atoms with van der Waals surface area (Å²) in [6, 6.07) is 6.82. The Balaban J connectivity index is 1.68. The zero-order chi connectivity index (χ0) is 22.1. The van der Waals surface area contributed by atoms with Gasteiger partial charge in [0.05, 0.1) is 26.4 Å². The summed E-state index contributed by atoms with van der Waals surface area (Å²) < 4.78 is 15.8. The second-order valence-corrected chi connectivity index (χ2v) is 8.07. The lowest BCUT2D eigenvalue weighted by molar-refractivity contribution is -0.272. The fourth-order valence-electron chi connectivity index (χ4n) is 3.40. The van der Waals surface area contributed by atoms with Gasteiger partial charge in [0, 0.05) is 18.4 Å². The minimum Gasteiger partial charge on any atom is -0.465 e. The molecular weight excluding hydrogens is 386 g/mol. The van der Waals surface area contributed by atoms with Gasteiger partial charge < -0.3 is 19.5 Å². The fourth-order valence-corrected chi connectivity index (χ4v) is 3.40. The number of ketones is 1. The van der Waals surface area contributed by atoms with Crippen LogP contribution >= 0.6 is 0 Å². The number of carbonyl (C=O) groups excluding carboxylic acids is 3. The van der Waals surface area contributed by atoms with Crippen LogP contribution in [-0.2, 0) is 23.8 Å². The van der Waals surface area contributed by atoms with Crippen LogP contribution in [-0.4, -0.2) is 49.8 Å². The molecule has 30 heavy (non-hydrogen) atoms. The molecule has 1 heterocycles. The smallest absolute Gasteiger partial charge is 0.366 e. The normalized spacial score (nSPS) is 22.2. The van der Waals surface area contributed by atoms with Crippen molar-refractivity contribution >= 4 is 17.7 Å². The summed E-state index contributed by atoms with van der Waals surface area (Å²) in [5.74, 6) is -1.86. The molecule has 1 aliphatic rings. The topological polar surface area (TPSA) is 90.9 Å². The summed E-state index contributed by atoms with van der Waals surface area (Å²) >= 11 is 0. The zero-order valence-electron chi connectivity index (χ0n) is 18.4. The summed E-state index contributed by atoms with van der Waals surface area (Å²) in [6.45, 7) is 5.95. The second-order valence-electron chi connectivity index (χ2n) is 8.07. The third-order valence-corrected chi connectivity index (χ3v) is 5.46. The Hall–Kier alpha value is -2.25. The molecule has 1 fully saturated rings. The number of methoxy groups -OCH3 is 1. The average Bonchev–Trinajstić information content (AvgIpc) is 2.73. The molecule has 0 bridgehead atoms. The SMILES string of the molecule is COC(=O)[C@]1(C)OC[C@H](CCCCCC(NC(=O)c2ccc(C)cc2)C(C)=O)CO1. The van der Waals surface area contributed by atoms with Gasteiger partial charge in [0.2, 0.25) is 0 Å². The van der Waals surface area contributed by atoms with Crippen LogP contribution in [0.25, 0.3) is 0 Å². The van der Waals surface area contributed by atoms with E-state index >= 15 is 0 Å². The molecule has 1 aliphatic heterocycles. The molecule has 1 aromatic rings. The molecule has 1 amide bonds. The Morgan fingerprint density at radius 1 is 1.13 bits per heavy atom. The number of hydrogen-bond donors (Lipinski definition) is 1. The maximum absolute atomic E-state index is 12.4. The fraction of sp³-hybridized carbons (Fsp3) is 0.609. The van der Waals surface area contributed by atoms with Crippen molar-refractivity contribution in [2.45, 2.75) is 64.7 Å². The molecule has 7 heteroatoms. The predicted octanol–water partition coefficient (Wildman–Crippen LogP) is 3.19. The Morgan fingerprint density at radius 3 is 2.33 bits per heavy atom. The average molecular weight is 420 g/mol. The number of carbonyl (C=O) groups is 3. The lowest BCUT2D eigenvalue weighted by atomic mass is 9.99. The van der Waals surface area contributed by atoms with Crippen molar-refractivity contribution in [1.29, 1.82) is 0 Å². The Morgan fingerprint density at radius 2 is 1.77 bits per heavy atom. The highest BCUT2D eigenvalue weighted by atomic mass is 16.7. The molecule has 166 valence electrons. The van der Waals surface area contributed by atoms with Gasteiger partial charge in [0.1, 0.15) is 0 Å². The van der Waals surface area contributed by atoms with Gasteiger partial charge in [-0.3, -0.25) is 9.59 Å². The first-order chi connectivity index (χ1) is 14.2. The van der Waals surface area contributed by atoms with Crippen molar-refractivity contribution in [3.05, 3.63) is 35.4 Å². The van der Waals surface area contributed by atoms with Crippen LogP contribution in [0.4, 0.5) is 0 Å². The van der Waals surface area contributed by atoms with E-state index in [1.807, 2.05) is 19.1 Å². The van der Waals surface area contributed by atoms with Crippen LogP contribution in [0.5, 0.6) is 0 Å². The maximum Gasteiger partial charge on any atom is 0.366 e. The summed E-state index contributed by atoms with van der Waals surface area (Å²) in [6.07, 6.45) is 4.27. The van der Waals surface area contributed by atoms with Gasteiger partial charge >= 0.3 is 5.97 Å². The van der Waals surface area contributed by atoms with E-state index < -0.39 is 17.8 Å². The lowest BCUT2D eigenvalue weighted by Crippen LogP contribution is -2.48. The summed E-state index contributed by atoms with van der Waals surface area (Å²) in [5.41, 5.74) is 1.64. The quantitative estimate of drug-likeness (QED) is 0.463. The van der Waals surface area contributed by atoms with Crippen LogP contribution < -0.4 is 5.32 Å². The Labute approximate surface area is 178 Å². The van der Waals surface area contributed by atoms with E-state index in [0.29, 0.717) is 25.2 Å². The number of ether oxygens (including phenoxy) is 3. The molecule has 7 nitrogen and oxygen atoms in total. The molecule has 0 aliphatic carbocycles. The van der Waals surface area contributed by atoms with E-state index in [-0.39, 0.29) is 17.6 Å². The number of benzene rings is 1. The van der Waals surface area contributed by atoms with Crippen LogP contribution in [0.1, 0.15) is 61.9 Å². The lowest BCUT2D eigenvalue weighted by Gasteiger charge is -2.35. The first-order valence-corrected chi connectivity index (χ1v) is 10.5. The number of aryl methyl sites for hydroxylation is 1. The van der Waals surface area contributed by atoms with Crippen LogP contribution in [0, 0.1) is 12.8 Å². The van der Waals surface area contributed by atoms with Crippen molar-refractivity contribution in [3.8, 4) is 0 Å². The monoisotopic (exact) mass is 419 g/mol. The van der Waals surface area contributed by atoms with Crippen molar-refractivity contribution < 1.29 is 28.6 Å². The summed E-state index contributed by atoms with van der Waals surface area (Å²) in [4.78, 5) is 36.0. The highest BCUT2D eigenvalue weighted by Gasteiger charge is 2.41. The minimum absolute atomic E-state index is 0.0355. The van der Waals surface area contributed by atoms with Crippen molar-refractivity contribution in [2.24, 2.45) is 5.92 Å². The third-order valence-electron chi connectivity index (χ3n) is 5.46. The van der Waals surface area contributed by atoms with E-state index in [1.54, 1.807) is 19.1 Å². The number of esters is 1. The zero-order valence-corrected chi connectivity index (χ0v) is 18.4. The number of nitrogens with one attached hydrogen (secondary N) is 1. The molecule has 0 aromatic heterocycles. The van der Waals surface area contributed by atoms with Crippen LogP contribution in [0.3, 0.4) is 0 Å². The van der Waals surface area contributed by atoms with Gasteiger partial charge in [-0.25, -0.2) is 4.79 Å². The Bertz CT molecular complexity index is 722. The molecule has 2 rings (SSSR count). The third kappa shape index (κ3) is 6.92. The number of rotatable bonds is 10. The summed E-state index contributed by atoms with van der Waals surface area (Å²) in [7, 11) is 1.31. The first-order valence-electron chi connectivity index (χ1n) is 10.5. The molecule has 0 radical (unpaired) electrons. The van der Waals surface area contributed by atoms with E-state index in [2.05, 4.69) is 5.32 Å². The molecule has 1 unspecified atom stereocenters. The van der Waals surface area contributed by atoms with Crippen LogP contribution in [0.15, 0.2) is 24.3 Å². The molecule has 1 aromatic carbocycles. The predicted molar refractivity (Wildman–Crippen MR) is 112 cm³/mol. The van der Waals surface area contributed by atoms with Gasteiger partial charge in [-0.1, -0.05) is 37.0 Å². The van der Waals surface area contributed by atoms with Crippen molar-refractivity contribution in [1.82, 2.24) is 5.32 Å². The van der Waals surface area contributed by atoms with Crippen molar-refractivity contribution in [2.75, 3.05) is 20.3 Å². The van der Waals surface area contributed by atoms with Crippen molar-refractivity contribution in [3.63, 3.8) is 0 Å². The molecule has 1 saturated heterocycles. The summed E-state index contributed by atoms with van der Waals surface area (Å²) in [5, 5.41) is 2.85. The first kappa shape index (κ1) is 24.0. The molecule has 1 N–H and O–H groups in total. The maximum atomic E-state index is 12.4. The van der Waals surface area contributed by atoms with E-state index in [0.717, 1.165) is 31.2 Å². The number of hydrogen-bond acceptors (Lipinski definition) is 6. The standard InChI is InChI=1S/C23H33NO6/c1-16-10-12-19(13-11-16)21(26)24-20(17(2)25)9-7-5-6-8-18-14-29-23(3,30-15-18)22(27)28-4/h10-13,18,20H,5-9,14-15H2,1-4H3,(H,24,26)/t18-,20?,23+. The minimum atomic E-state index is -1.31. The molecular formula is C23H33NO6. The van der Waals surface area contributed by atoms with Gasteiger partial charge in [-0.05, 0) is 38.8 Å². The number of unbranched alkanes of at least 4 members (excludes halogenated alkanes) is 2. The van der Waals surface area contributed by atoms with Gasteiger partial charge in [0.25, 0.3) is 11.7 Å². The second kappa shape index (κ2) is 11.2. The van der Waals surface area contributed by atoms with Gasteiger partial charge in [-0.15, -0.1) is 0 Å². The highest BCUT2D eigenvalue weighted by Crippen LogP contribution is 2.25. The highest BCUT2D eigenvalue weighted by molar-refractivity contribution is 5.97. The number of amides is 1. The van der Waals surface area contributed by atoms with Gasteiger partial charge in [-0.2, -0.15) is 0 Å². The van der Waals surface area contributed by atoms with E-state index in [9.17, 15) is 14.4 Å². The Kier molecular flexibility index (Phi) is 8.99. The van der Waals surface area contributed by atoms with E-state index in [1.165, 1.54) is 14.0 Å². The number of Topliss-reactive ketones (excluding diaryl/α,β-unsaturated/α-hetero) is 1. The van der Waals surface area contributed by atoms with Gasteiger partial charge in [0.15, 0.2) is 5.78 Å². The molecule has 1 atom stereocenters. The molecule has 0 saturated carbocycles.